The van der Waals surface area contributed by atoms with Crippen LogP contribution in [0.2, 0.25) is 0 Å². The Kier molecular flexibility index (Phi) is 6.21. The van der Waals surface area contributed by atoms with Crippen LogP contribution in [-0.2, 0) is 10.1 Å². The van der Waals surface area contributed by atoms with Crippen molar-refractivity contribution in [3.63, 3.8) is 0 Å². The van der Waals surface area contributed by atoms with Crippen molar-refractivity contribution >= 4 is 10.1 Å². The van der Waals surface area contributed by atoms with Crippen LogP contribution in [-0.4, -0.2) is 59.8 Å². The molecule has 0 aromatic rings. The van der Waals surface area contributed by atoms with Gasteiger partial charge in [0.2, 0.25) is 0 Å². The van der Waals surface area contributed by atoms with E-state index in [1.807, 2.05) is 6.92 Å². The average molecular weight is 227 g/mol. The summed E-state index contributed by atoms with van der Waals surface area (Å²) >= 11 is 0. The minimum absolute atomic E-state index is 0.164. The first-order valence-electron chi connectivity index (χ1n) is 4.39. The summed E-state index contributed by atoms with van der Waals surface area (Å²) in [5.74, 6) is -0.729. The summed E-state index contributed by atoms with van der Waals surface area (Å²) in [5.41, 5.74) is 0. The monoisotopic (exact) mass is 227 g/mol. The molecule has 3 N–H and O–H groups in total. The van der Waals surface area contributed by atoms with Crippen LogP contribution in [0.5, 0.6) is 0 Å². The van der Waals surface area contributed by atoms with E-state index in [9.17, 15) is 13.5 Å². The van der Waals surface area contributed by atoms with Crippen molar-refractivity contribution < 1.29 is 23.2 Å². The average Bonchev–Trinajstić information content (AvgIpc) is 2.01. The highest BCUT2D eigenvalue weighted by Gasteiger charge is 2.20. The first-order valence-corrected chi connectivity index (χ1v) is 5.99. The zero-order valence-electron chi connectivity index (χ0n) is 8.13. The molecule has 0 amide bonds. The Morgan fingerprint density at radius 1 is 1.36 bits per heavy atom. The summed E-state index contributed by atoms with van der Waals surface area (Å²) in [4.78, 5) is 1.40. The van der Waals surface area contributed by atoms with E-state index in [0.29, 0.717) is 6.54 Å². The zero-order valence-corrected chi connectivity index (χ0v) is 8.94. The lowest BCUT2D eigenvalue weighted by Gasteiger charge is -2.25. The normalized spacial score (nSPS) is 14.6. The maximum Gasteiger partial charge on any atom is 0.268 e. The fourth-order valence-electron chi connectivity index (χ4n) is 1.12. The van der Waals surface area contributed by atoms with Gasteiger partial charge in [0.1, 0.15) is 12.0 Å². The topological polar surface area (TPSA) is 98.1 Å². The van der Waals surface area contributed by atoms with Gasteiger partial charge in [0, 0.05) is 13.1 Å². The minimum atomic E-state index is -4.18. The molecule has 0 fully saturated rings. The van der Waals surface area contributed by atoms with Crippen molar-refractivity contribution in [2.75, 3.05) is 25.4 Å². The SMILES string of the molecule is CCCN(CCO)C(O)CS(=O)(=O)O. The maximum atomic E-state index is 10.5. The third-order valence-electron chi connectivity index (χ3n) is 1.68. The van der Waals surface area contributed by atoms with E-state index in [1.165, 1.54) is 4.90 Å². The van der Waals surface area contributed by atoms with Crippen LogP contribution in [0.4, 0.5) is 0 Å². The number of rotatable bonds is 7. The molecule has 0 saturated heterocycles. The fourth-order valence-corrected chi connectivity index (χ4v) is 1.71. The molecule has 7 heteroatoms. The molecule has 0 spiro atoms. The number of aliphatic hydroxyl groups is 2. The largest absolute Gasteiger partial charge is 0.395 e. The summed E-state index contributed by atoms with van der Waals surface area (Å²) in [7, 11) is -4.18. The first kappa shape index (κ1) is 13.8. The summed E-state index contributed by atoms with van der Waals surface area (Å²) < 4.78 is 29.4. The maximum absolute atomic E-state index is 10.5. The Bertz CT molecular complexity index is 234. The van der Waals surface area contributed by atoms with Crippen molar-refractivity contribution in [3.8, 4) is 0 Å². The molecule has 6 nitrogen and oxygen atoms in total. The fraction of sp³-hybridized carbons (Fsp3) is 1.00. The van der Waals surface area contributed by atoms with Crippen LogP contribution in [0.25, 0.3) is 0 Å². The highest BCUT2D eigenvalue weighted by atomic mass is 32.2. The Morgan fingerprint density at radius 2 is 1.93 bits per heavy atom. The van der Waals surface area contributed by atoms with E-state index >= 15 is 0 Å². The second-order valence-corrected chi connectivity index (χ2v) is 4.49. The van der Waals surface area contributed by atoms with E-state index in [-0.39, 0.29) is 13.2 Å². The van der Waals surface area contributed by atoms with Crippen molar-refractivity contribution in [1.82, 2.24) is 4.90 Å². The molecule has 1 atom stereocenters. The highest BCUT2D eigenvalue weighted by molar-refractivity contribution is 7.85. The van der Waals surface area contributed by atoms with E-state index in [2.05, 4.69) is 0 Å². The number of aliphatic hydroxyl groups excluding tert-OH is 2. The zero-order chi connectivity index (χ0) is 11.2. The lowest BCUT2D eigenvalue weighted by atomic mass is 10.4. The predicted octanol–water partition coefficient (Wildman–Crippen LogP) is -1.10. The van der Waals surface area contributed by atoms with E-state index in [0.717, 1.165) is 6.42 Å². The summed E-state index contributed by atoms with van der Waals surface area (Å²) in [6, 6.07) is 0. The molecular weight excluding hydrogens is 210 g/mol. The molecule has 0 radical (unpaired) electrons. The van der Waals surface area contributed by atoms with Crippen molar-refractivity contribution in [3.05, 3.63) is 0 Å². The third-order valence-corrected chi connectivity index (χ3v) is 2.40. The van der Waals surface area contributed by atoms with Crippen LogP contribution in [0.3, 0.4) is 0 Å². The van der Waals surface area contributed by atoms with Gasteiger partial charge in [0.05, 0.1) is 6.61 Å². The van der Waals surface area contributed by atoms with E-state index < -0.39 is 22.1 Å². The molecule has 86 valence electrons. The third kappa shape index (κ3) is 6.28. The molecule has 0 aliphatic carbocycles. The molecule has 0 aliphatic rings. The highest BCUT2D eigenvalue weighted by Crippen LogP contribution is 2.00. The van der Waals surface area contributed by atoms with Gasteiger partial charge in [-0.15, -0.1) is 0 Å². The van der Waals surface area contributed by atoms with Crippen molar-refractivity contribution in [2.24, 2.45) is 0 Å². The van der Waals surface area contributed by atoms with Gasteiger partial charge in [-0.05, 0) is 6.42 Å². The van der Waals surface area contributed by atoms with Gasteiger partial charge in [-0.25, -0.2) is 0 Å². The van der Waals surface area contributed by atoms with Crippen molar-refractivity contribution in [1.29, 1.82) is 0 Å². The van der Waals surface area contributed by atoms with E-state index in [4.69, 9.17) is 9.66 Å². The minimum Gasteiger partial charge on any atom is -0.395 e. The van der Waals surface area contributed by atoms with Gasteiger partial charge < -0.3 is 10.2 Å². The lowest BCUT2D eigenvalue weighted by Crippen LogP contribution is -2.42. The second-order valence-electron chi connectivity index (χ2n) is 2.99. The molecular formula is C7H17NO5S. The Hall–Kier alpha value is -0.210. The van der Waals surface area contributed by atoms with Gasteiger partial charge in [-0.1, -0.05) is 6.92 Å². The van der Waals surface area contributed by atoms with Crippen molar-refractivity contribution in [2.45, 2.75) is 19.6 Å². The predicted molar refractivity (Wildman–Crippen MR) is 51.4 cm³/mol. The van der Waals surface area contributed by atoms with Gasteiger partial charge in [0.15, 0.2) is 0 Å². The molecule has 0 aromatic heterocycles. The summed E-state index contributed by atoms with van der Waals surface area (Å²) in [6.07, 6.45) is -0.542. The second kappa shape index (κ2) is 6.31. The van der Waals surface area contributed by atoms with Crippen LogP contribution in [0.15, 0.2) is 0 Å². The van der Waals surface area contributed by atoms with Gasteiger partial charge in [-0.2, -0.15) is 8.42 Å². The molecule has 0 bridgehead atoms. The smallest absolute Gasteiger partial charge is 0.268 e. The molecule has 0 saturated carbocycles. The number of hydrogen-bond acceptors (Lipinski definition) is 5. The van der Waals surface area contributed by atoms with Crippen LogP contribution >= 0.6 is 0 Å². The molecule has 0 heterocycles. The number of hydrogen-bond donors (Lipinski definition) is 3. The first-order chi connectivity index (χ1) is 6.40. The summed E-state index contributed by atoms with van der Waals surface area (Å²) in [6.45, 7) is 2.36. The Labute approximate surface area is 83.9 Å². The molecule has 0 aromatic carbocycles. The molecule has 14 heavy (non-hydrogen) atoms. The van der Waals surface area contributed by atoms with Gasteiger partial charge >= 0.3 is 0 Å². The van der Waals surface area contributed by atoms with Gasteiger partial charge in [-0.3, -0.25) is 9.45 Å². The Balaban J connectivity index is 4.20. The van der Waals surface area contributed by atoms with Crippen LogP contribution < -0.4 is 0 Å². The van der Waals surface area contributed by atoms with E-state index in [1.54, 1.807) is 0 Å². The van der Waals surface area contributed by atoms with Crippen LogP contribution in [0.1, 0.15) is 13.3 Å². The molecule has 0 aliphatic heterocycles. The molecule has 0 rings (SSSR count). The molecule has 1 unspecified atom stereocenters. The lowest BCUT2D eigenvalue weighted by molar-refractivity contribution is 0.0101. The Morgan fingerprint density at radius 3 is 2.29 bits per heavy atom. The standard InChI is InChI=1S/C7H17NO5S/c1-2-3-8(4-5-9)7(10)6-14(11,12)13/h7,9-10H,2-6H2,1H3,(H,11,12,13). The quantitative estimate of drug-likeness (QED) is 0.377. The number of nitrogens with zero attached hydrogens (tertiary/aromatic N) is 1. The summed E-state index contributed by atoms with van der Waals surface area (Å²) in [5, 5.41) is 18.0. The van der Waals surface area contributed by atoms with Crippen LogP contribution in [0, 0.1) is 0 Å². The van der Waals surface area contributed by atoms with Gasteiger partial charge in [0.25, 0.3) is 10.1 Å².